The van der Waals surface area contributed by atoms with Crippen molar-refractivity contribution in [2.45, 2.75) is 6.54 Å². The fourth-order valence-electron chi connectivity index (χ4n) is 2.53. The SMILES string of the molecule is O=C(Nc1cnn(Cc2ccc(F)cc2Cl)c1)c1cc(-c2ccco2)[nH]n1. The zero-order valence-electron chi connectivity index (χ0n) is 13.8. The first-order chi connectivity index (χ1) is 13.1. The molecular formula is C18H13ClFN5O2. The maximum Gasteiger partial charge on any atom is 0.276 e. The first kappa shape index (κ1) is 17.0. The van der Waals surface area contributed by atoms with Crippen LogP contribution in [0.15, 0.2) is 59.5 Å². The topological polar surface area (TPSA) is 88.7 Å². The number of H-pyrrole nitrogens is 1. The second-order valence-corrected chi connectivity index (χ2v) is 6.17. The van der Waals surface area contributed by atoms with Crippen molar-refractivity contribution in [3.63, 3.8) is 0 Å². The molecule has 0 atom stereocenters. The van der Waals surface area contributed by atoms with Crippen LogP contribution in [0.25, 0.3) is 11.5 Å². The summed E-state index contributed by atoms with van der Waals surface area (Å²) in [6.45, 7) is 0.347. The first-order valence-electron chi connectivity index (χ1n) is 7.95. The molecule has 3 aromatic heterocycles. The number of anilines is 1. The Morgan fingerprint density at radius 2 is 2.22 bits per heavy atom. The maximum absolute atomic E-state index is 13.1. The number of hydrogen-bond donors (Lipinski definition) is 2. The van der Waals surface area contributed by atoms with E-state index in [1.165, 1.54) is 24.6 Å². The Bertz CT molecular complexity index is 1090. The van der Waals surface area contributed by atoms with Crippen LogP contribution in [-0.2, 0) is 6.54 Å². The Morgan fingerprint density at radius 1 is 1.33 bits per heavy atom. The van der Waals surface area contributed by atoms with Crippen LogP contribution in [0.4, 0.5) is 10.1 Å². The highest BCUT2D eigenvalue weighted by Crippen LogP contribution is 2.20. The minimum Gasteiger partial charge on any atom is -0.463 e. The van der Waals surface area contributed by atoms with Crippen molar-refractivity contribution in [3.05, 3.63) is 77.2 Å². The van der Waals surface area contributed by atoms with Gasteiger partial charge in [0.25, 0.3) is 5.91 Å². The van der Waals surface area contributed by atoms with Gasteiger partial charge in [0.05, 0.1) is 24.7 Å². The van der Waals surface area contributed by atoms with Crippen LogP contribution >= 0.6 is 11.6 Å². The van der Waals surface area contributed by atoms with Gasteiger partial charge in [0.2, 0.25) is 0 Å². The van der Waals surface area contributed by atoms with Gasteiger partial charge < -0.3 is 9.73 Å². The van der Waals surface area contributed by atoms with Gasteiger partial charge in [-0.3, -0.25) is 14.6 Å². The fraction of sp³-hybridized carbons (Fsp3) is 0.0556. The van der Waals surface area contributed by atoms with E-state index >= 15 is 0 Å². The first-order valence-corrected chi connectivity index (χ1v) is 8.33. The predicted molar refractivity (Wildman–Crippen MR) is 97.0 cm³/mol. The molecule has 1 amide bonds. The minimum atomic E-state index is -0.398. The Kier molecular flexibility index (Phi) is 4.47. The number of furan rings is 1. The summed E-state index contributed by atoms with van der Waals surface area (Å²) < 4.78 is 20.0. The van der Waals surface area contributed by atoms with Gasteiger partial charge in [0.1, 0.15) is 11.5 Å². The minimum absolute atomic E-state index is 0.218. The molecule has 0 aliphatic rings. The average molecular weight is 386 g/mol. The van der Waals surface area contributed by atoms with Crippen LogP contribution in [-0.4, -0.2) is 25.9 Å². The Balaban J connectivity index is 1.44. The summed E-state index contributed by atoms with van der Waals surface area (Å²) in [6, 6.07) is 9.28. The van der Waals surface area contributed by atoms with E-state index in [1.807, 2.05) is 0 Å². The van der Waals surface area contributed by atoms with Gasteiger partial charge in [-0.25, -0.2) is 4.39 Å². The molecule has 0 spiro atoms. The van der Waals surface area contributed by atoms with Crippen LogP contribution in [0.1, 0.15) is 16.1 Å². The summed E-state index contributed by atoms with van der Waals surface area (Å²) >= 11 is 6.02. The number of nitrogens with one attached hydrogen (secondary N) is 2. The van der Waals surface area contributed by atoms with Crippen molar-refractivity contribution in [2.24, 2.45) is 0 Å². The molecule has 0 saturated carbocycles. The lowest BCUT2D eigenvalue weighted by Crippen LogP contribution is -2.11. The molecule has 4 aromatic rings. The zero-order chi connectivity index (χ0) is 18.8. The highest BCUT2D eigenvalue weighted by molar-refractivity contribution is 6.31. The van der Waals surface area contributed by atoms with Crippen molar-refractivity contribution in [3.8, 4) is 11.5 Å². The number of halogens is 2. The Hall–Kier alpha value is -3.39. The molecule has 136 valence electrons. The number of carbonyl (C=O) groups excluding carboxylic acids is 1. The number of hydrogen-bond acceptors (Lipinski definition) is 4. The van der Waals surface area contributed by atoms with Crippen molar-refractivity contribution >= 4 is 23.2 Å². The van der Waals surface area contributed by atoms with E-state index in [0.717, 1.165) is 5.56 Å². The molecule has 0 unspecified atom stereocenters. The Morgan fingerprint density at radius 3 is 3.00 bits per heavy atom. The van der Waals surface area contributed by atoms with Gasteiger partial charge in [-0.2, -0.15) is 10.2 Å². The number of carbonyl (C=O) groups is 1. The van der Waals surface area contributed by atoms with E-state index in [4.69, 9.17) is 16.0 Å². The molecule has 0 saturated heterocycles. The molecule has 1 aromatic carbocycles. The zero-order valence-corrected chi connectivity index (χ0v) is 14.6. The number of nitrogens with zero attached hydrogens (tertiary/aromatic N) is 3. The number of aromatic nitrogens is 4. The van der Waals surface area contributed by atoms with Crippen LogP contribution in [0.2, 0.25) is 5.02 Å². The van der Waals surface area contributed by atoms with Crippen LogP contribution in [0.5, 0.6) is 0 Å². The molecule has 0 aliphatic carbocycles. The van der Waals surface area contributed by atoms with Gasteiger partial charge in [0, 0.05) is 17.3 Å². The number of aromatic amines is 1. The largest absolute Gasteiger partial charge is 0.463 e. The van der Waals surface area contributed by atoms with Gasteiger partial charge >= 0.3 is 0 Å². The molecule has 0 radical (unpaired) electrons. The summed E-state index contributed by atoms with van der Waals surface area (Å²) in [5.41, 5.74) is 2.04. The van der Waals surface area contributed by atoms with Crippen LogP contribution in [0.3, 0.4) is 0 Å². The van der Waals surface area contributed by atoms with Crippen molar-refractivity contribution in [1.82, 2.24) is 20.0 Å². The summed E-state index contributed by atoms with van der Waals surface area (Å²) in [4.78, 5) is 12.3. The monoisotopic (exact) mass is 385 g/mol. The summed E-state index contributed by atoms with van der Waals surface area (Å²) in [7, 11) is 0. The lowest BCUT2D eigenvalue weighted by atomic mass is 10.2. The van der Waals surface area contributed by atoms with Gasteiger partial charge in [-0.1, -0.05) is 17.7 Å². The van der Waals surface area contributed by atoms with Gasteiger partial charge in [-0.05, 0) is 29.8 Å². The number of amides is 1. The van der Waals surface area contributed by atoms with Gasteiger partial charge in [-0.15, -0.1) is 0 Å². The second-order valence-electron chi connectivity index (χ2n) is 5.76. The third-order valence-corrected chi connectivity index (χ3v) is 4.19. The lowest BCUT2D eigenvalue weighted by Gasteiger charge is -2.04. The quantitative estimate of drug-likeness (QED) is 0.544. The third-order valence-electron chi connectivity index (χ3n) is 3.84. The summed E-state index contributed by atoms with van der Waals surface area (Å²) in [5.74, 6) is -0.195. The molecule has 0 bridgehead atoms. The molecule has 0 fully saturated rings. The number of benzene rings is 1. The molecule has 9 heteroatoms. The average Bonchev–Trinajstić information content (AvgIpc) is 3.37. The molecule has 0 aliphatic heterocycles. The predicted octanol–water partition coefficient (Wildman–Crippen LogP) is 3.96. The lowest BCUT2D eigenvalue weighted by molar-refractivity contribution is 0.102. The van der Waals surface area contributed by atoms with E-state index in [-0.39, 0.29) is 11.6 Å². The second kappa shape index (κ2) is 7.08. The van der Waals surface area contributed by atoms with Crippen molar-refractivity contribution in [1.29, 1.82) is 0 Å². The van der Waals surface area contributed by atoms with E-state index < -0.39 is 5.82 Å². The normalized spacial score (nSPS) is 10.9. The molecule has 4 rings (SSSR count). The molecule has 2 N–H and O–H groups in total. The summed E-state index contributed by atoms with van der Waals surface area (Å²) in [6.07, 6.45) is 4.70. The molecule has 27 heavy (non-hydrogen) atoms. The highest BCUT2D eigenvalue weighted by atomic mass is 35.5. The van der Waals surface area contributed by atoms with Crippen molar-refractivity contribution < 1.29 is 13.6 Å². The van der Waals surface area contributed by atoms with Crippen LogP contribution in [0, 0.1) is 5.82 Å². The van der Waals surface area contributed by atoms with Crippen LogP contribution < -0.4 is 5.32 Å². The Labute approximate surface area is 157 Å². The van der Waals surface area contributed by atoms with Crippen molar-refractivity contribution in [2.75, 3.05) is 5.32 Å². The highest BCUT2D eigenvalue weighted by Gasteiger charge is 2.14. The smallest absolute Gasteiger partial charge is 0.276 e. The number of rotatable bonds is 5. The van der Waals surface area contributed by atoms with E-state index in [9.17, 15) is 9.18 Å². The van der Waals surface area contributed by atoms with E-state index in [0.29, 0.717) is 28.7 Å². The summed E-state index contributed by atoms with van der Waals surface area (Å²) in [5, 5.41) is 13.9. The molecule has 7 nitrogen and oxygen atoms in total. The molecular weight excluding hydrogens is 373 g/mol. The standard InChI is InChI=1S/C18H13ClFN5O2/c19-14-6-12(20)4-3-11(14)9-25-10-13(8-21-25)22-18(26)16-7-15(23-24-16)17-2-1-5-27-17/h1-8,10H,9H2,(H,22,26)(H,23,24). The maximum atomic E-state index is 13.1. The fourth-order valence-corrected chi connectivity index (χ4v) is 2.76. The van der Waals surface area contributed by atoms with E-state index in [2.05, 4.69) is 20.6 Å². The third kappa shape index (κ3) is 3.75. The van der Waals surface area contributed by atoms with E-state index in [1.54, 1.807) is 35.1 Å². The van der Waals surface area contributed by atoms with Gasteiger partial charge in [0.15, 0.2) is 11.5 Å². The molecule has 3 heterocycles.